The van der Waals surface area contributed by atoms with Crippen LogP contribution in [-0.2, 0) is 11.3 Å². The van der Waals surface area contributed by atoms with Crippen molar-refractivity contribution in [2.24, 2.45) is 0 Å². The fourth-order valence-electron chi connectivity index (χ4n) is 1.46. The molecule has 0 bridgehead atoms. The van der Waals surface area contributed by atoms with Gasteiger partial charge < -0.3 is 4.74 Å². The molecule has 1 heterocycles. The van der Waals surface area contributed by atoms with Crippen molar-refractivity contribution in [3.63, 3.8) is 0 Å². The van der Waals surface area contributed by atoms with Gasteiger partial charge in [0.2, 0.25) is 0 Å². The molecule has 5 nitrogen and oxygen atoms in total. The fourth-order valence-corrected chi connectivity index (χ4v) is 1.76. The van der Waals surface area contributed by atoms with Gasteiger partial charge in [0.1, 0.15) is 18.5 Å². The molecule has 1 aromatic carbocycles. The van der Waals surface area contributed by atoms with Gasteiger partial charge in [-0.15, -0.1) is 0 Å². The minimum atomic E-state index is -0.618. The first-order chi connectivity index (χ1) is 9.69. The summed E-state index contributed by atoms with van der Waals surface area (Å²) in [5.41, 5.74) is 1.28. The molecule has 0 aliphatic heterocycles. The van der Waals surface area contributed by atoms with Crippen LogP contribution in [0.3, 0.4) is 0 Å². The van der Waals surface area contributed by atoms with Crippen LogP contribution in [0.2, 0.25) is 0 Å². The van der Waals surface area contributed by atoms with Crippen molar-refractivity contribution >= 4 is 27.8 Å². The van der Waals surface area contributed by atoms with Crippen LogP contribution in [0.15, 0.2) is 47.1 Å². The highest BCUT2D eigenvalue weighted by atomic mass is 79.9. The number of ether oxygens (including phenoxy) is 1. The van der Waals surface area contributed by atoms with Gasteiger partial charge in [0.05, 0.1) is 10.0 Å². The average Bonchev–Trinajstić information content (AvgIpc) is 2.48. The number of hydrogen-bond donors (Lipinski definition) is 1. The summed E-state index contributed by atoms with van der Waals surface area (Å²) in [7, 11) is 0. The first kappa shape index (κ1) is 14.0. The first-order valence-corrected chi connectivity index (χ1v) is 6.51. The molecule has 0 aliphatic rings. The minimum absolute atomic E-state index is 0.175. The van der Waals surface area contributed by atoms with E-state index in [1.165, 1.54) is 12.3 Å². The molecular weight excluding hydrogens is 322 g/mol. The van der Waals surface area contributed by atoms with E-state index in [1.807, 2.05) is 36.4 Å². The van der Waals surface area contributed by atoms with E-state index in [4.69, 9.17) is 10.00 Å². The number of nitrogens with one attached hydrogen (secondary N) is 1. The van der Waals surface area contributed by atoms with E-state index in [-0.39, 0.29) is 12.4 Å². The van der Waals surface area contributed by atoms with Crippen molar-refractivity contribution in [1.29, 1.82) is 5.26 Å². The normalized spacial score (nSPS) is 9.60. The number of rotatable bonds is 3. The monoisotopic (exact) mass is 331 g/mol. The Morgan fingerprint density at radius 3 is 2.85 bits per heavy atom. The molecule has 1 amide bonds. The number of carbonyl (C=O) groups excluding carboxylic acids is 1. The molecule has 0 radical (unpaired) electrons. The van der Waals surface area contributed by atoms with E-state index < -0.39 is 6.09 Å². The summed E-state index contributed by atoms with van der Waals surface area (Å²) in [5.74, 6) is 0.266. The summed E-state index contributed by atoms with van der Waals surface area (Å²) >= 11 is 3.19. The molecule has 6 heteroatoms. The highest BCUT2D eigenvalue weighted by molar-refractivity contribution is 9.10. The van der Waals surface area contributed by atoms with Gasteiger partial charge in [-0.05, 0) is 27.6 Å². The van der Waals surface area contributed by atoms with Crippen molar-refractivity contribution in [2.45, 2.75) is 6.61 Å². The Labute approximate surface area is 124 Å². The molecule has 1 N–H and O–H groups in total. The first-order valence-electron chi connectivity index (χ1n) is 5.72. The van der Waals surface area contributed by atoms with E-state index in [1.54, 1.807) is 0 Å². The molecule has 0 unspecified atom stereocenters. The van der Waals surface area contributed by atoms with Gasteiger partial charge in [0.25, 0.3) is 0 Å². The molecule has 2 aromatic rings. The number of pyridine rings is 1. The lowest BCUT2D eigenvalue weighted by Gasteiger charge is -2.07. The van der Waals surface area contributed by atoms with Crippen LogP contribution in [0.5, 0.6) is 0 Å². The van der Waals surface area contributed by atoms with Crippen molar-refractivity contribution in [2.75, 3.05) is 5.32 Å². The molecule has 0 spiro atoms. The summed E-state index contributed by atoms with van der Waals surface area (Å²) in [5, 5.41) is 11.3. The van der Waals surface area contributed by atoms with Crippen LogP contribution in [0, 0.1) is 11.3 Å². The maximum absolute atomic E-state index is 11.6. The summed E-state index contributed by atoms with van der Waals surface area (Å²) in [6.07, 6.45) is 0.832. The Kier molecular flexibility index (Phi) is 4.69. The number of benzene rings is 1. The van der Waals surface area contributed by atoms with Gasteiger partial charge in [0, 0.05) is 6.20 Å². The lowest BCUT2D eigenvalue weighted by atomic mass is 10.2. The number of aromatic nitrogens is 1. The van der Waals surface area contributed by atoms with Crippen LogP contribution in [0.4, 0.5) is 10.6 Å². The highest BCUT2D eigenvalue weighted by Crippen LogP contribution is 2.17. The molecule has 20 heavy (non-hydrogen) atoms. The molecule has 0 fully saturated rings. The lowest BCUT2D eigenvalue weighted by molar-refractivity contribution is 0.155. The summed E-state index contributed by atoms with van der Waals surface area (Å²) in [6, 6.07) is 12.8. The SMILES string of the molecule is N#Cc1cc(NC(=O)OCc2ccccc2)ncc1Br. The number of carbonyl (C=O) groups is 1. The second kappa shape index (κ2) is 6.68. The summed E-state index contributed by atoms with van der Waals surface area (Å²) in [6.45, 7) is 0.175. The van der Waals surface area contributed by atoms with Crippen LogP contribution in [0.25, 0.3) is 0 Å². The standard InChI is InChI=1S/C14H10BrN3O2/c15-12-8-17-13(6-11(12)7-16)18-14(19)20-9-10-4-2-1-3-5-10/h1-6,8H,9H2,(H,17,18,19). The molecule has 2 rings (SSSR count). The molecule has 0 saturated carbocycles. The fraction of sp³-hybridized carbons (Fsp3) is 0.0714. The van der Waals surface area contributed by atoms with E-state index >= 15 is 0 Å². The molecule has 0 aliphatic carbocycles. The molecule has 0 saturated heterocycles. The maximum Gasteiger partial charge on any atom is 0.413 e. The average molecular weight is 332 g/mol. The highest BCUT2D eigenvalue weighted by Gasteiger charge is 2.07. The largest absolute Gasteiger partial charge is 0.444 e. The van der Waals surface area contributed by atoms with Crippen molar-refractivity contribution < 1.29 is 9.53 Å². The third-order valence-electron chi connectivity index (χ3n) is 2.42. The molecular formula is C14H10BrN3O2. The number of anilines is 1. The van der Waals surface area contributed by atoms with Gasteiger partial charge in [-0.2, -0.15) is 5.26 Å². The zero-order valence-corrected chi connectivity index (χ0v) is 11.9. The Hall–Kier alpha value is -2.39. The predicted octanol–water partition coefficient (Wildman–Crippen LogP) is 3.46. The second-order valence-corrected chi connectivity index (χ2v) is 4.70. The smallest absolute Gasteiger partial charge is 0.413 e. The third kappa shape index (κ3) is 3.80. The molecule has 1 aromatic heterocycles. The van der Waals surface area contributed by atoms with Crippen molar-refractivity contribution in [3.8, 4) is 6.07 Å². The molecule has 0 atom stereocenters. The Balaban J connectivity index is 1.93. The molecule has 100 valence electrons. The third-order valence-corrected chi connectivity index (χ3v) is 3.05. The number of amides is 1. The number of halogens is 1. The van der Waals surface area contributed by atoms with Gasteiger partial charge >= 0.3 is 6.09 Å². The zero-order valence-electron chi connectivity index (χ0n) is 10.3. The zero-order chi connectivity index (χ0) is 14.4. The quantitative estimate of drug-likeness (QED) is 0.934. The summed E-state index contributed by atoms with van der Waals surface area (Å²) in [4.78, 5) is 15.6. The maximum atomic E-state index is 11.6. The van der Waals surface area contributed by atoms with E-state index in [0.29, 0.717) is 10.0 Å². The van der Waals surface area contributed by atoms with E-state index in [9.17, 15) is 4.79 Å². The van der Waals surface area contributed by atoms with Crippen LogP contribution >= 0.6 is 15.9 Å². The number of nitriles is 1. The number of nitrogens with zero attached hydrogens (tertiary/aromatic N) is 2. The van der Waals surface area contributed by atoms with E-state index in [0.717, 1.165) is 5.56 Å². The van der Waals surface area contributed by atoms with Gasteiger partial charge in [-0.3, -0.25) is 5.32 Å². The van der Waals surface area contributed by atoms with Crippen molar-refractivity contribution in [1.82, 2.24) is 4.98 Å². The van der Waals surface area contributed by atoms with Gasteiger partial charge in [-0.25, -0.2) is 9.78 Å². The van der Waals surface area contributed by atoms with E-state index in [2.05, 4.69) is 26.2 Å². The predicted molar refractivity (Wildman–Crippen MR) is 76.9 cm³/mol. The second-order valence-electron chi connectivity index (χ2n) is 3.85. The topological polar surface area (TPSA) is 75.0 Å². The Bertz CT molecular complexity index is 653. The Morgan fingerprint density at radius 1 is 1.40 bits per heavy atom. The van der Waals surface area contributed by atoms with Crippen molar-refractivity contribution in [3.05, 3.63) is 58.2 Å². The summed E-state index contributed by atoms with van der Waals surface area (Å²) < 4.78 is 5.62. The number of hydrogen-bond acceptors (Lipinski definition) is 4. The minimum Gasteiger partial charge on any atom is -0.444 e. The van der Waals surface area contributed by atoms with Crippen LogP contribution < -0.4 is 5.32 Å². The van der Waals surface area contributed by atoms with Crippen LogP contribution in [-0.4, -0.2) is 11.1 Å². The van der Waals surface area contributed by atoms with Gasteiger partial charge in [-0.1, -0.05) is 30.3 Å². The van der Waals surface area contributed by atoms with Gasteiger partial charge in [0.15, 0.2) is 0 Å². The lowest BCUT2D eigenvalue weighted by Crippen LogP contribution is -2.14. The Morgan fingerprint density at radius 2 is 2.15 bits per heavy atom. The van der Waals surface area contributed by atoms with Crippen LogP contribution in [0.1, 0.15) is 11.1 Å².